The maximum absolute atomic E-state index is 15.7. The first kappa shape index (κ1) is 30.3. The Labute approximate surface area is 251 Å². The van der Waals surface area contributed by atoms with E-state index in [1.165, 1.54) is 31.4 Å². The minimum atomic E-state index is -4.43. The van der Waals surface area contributed by atoms with E-state index < -0.39 is 27.2 Å². The van der Waals surface area contributed by atoms with Crippen molar-refractivity contribution in [3.8, 4) is 11.5 Å². The Morgan fingerprint density at radius 3 is 2.38 bits per heavy atom. The van der Waals surface area contributed by atoms with Crippen molar-refractivity contribution in [2.45, 2.75) is 43.1 Å². The Kier molecular flexibility index (Phi) is 8.80. The first-order valence-electron chi connectivity index (χ1n) is 14.0. The molecule has 5 rings (SSSR count). The minimum Gasteiger partial charge on any atom is -0.495 e. The van der Waals surface area contributed by atoms with Crippen molar-refractivity contribution < 1.29 is 27.1 Å². The molecule has 3 aromatic carbocycles. The smallest absolute Gasteiger partial charge is 0.270 e. The monoisotopic (exact) mass is 615 g/mol. The first-order valence-corrected chi connectivity index (χ1v) is 15.8. The number of methoxy groups -OCH3 is 1. The van der Waals surface area contributed by atoms with Crippen molar-refractivity contribution >= 4 is 33.2 Å². The molecular weight excluding hydrogens is 581 g/mol. The van der Waals surface area contributed by atoms with Crippen LogP contribution in [-0.4, -0.2) is 65.2 Å². The molecule has 1 atom stereocenters. The zero-order valence-corrected chi connectivity index (χ0v) is 25.5. The number of amides is 1. The summed E-state index contributed by atoms with van der Waals surface area (Å²) in [6.45, 7) is 7.86. The fraction of sp³-hybridized carbons (Fsp3) is 0.387. The summed E-state index contributed by atoms with van der Waals surface area (Å²) in [5.41, 5.74) is -1.10. The van der Waals surface area contributed by atoms with E-state index in [1.807, 2.05) is 13.8 Å². The summed E-state index contributed by atoms with van der Waals surface area (Å²) >= 11 is 6.58. The van der Waals surface area contributed by atoms with Crippen LogP contribution in [-0.2, 0) is 20.2 Å². The normalized spacial score (nSPS) is 19.3. The second-order valence-corrected chi connectivity index (χ2v) is 13.0. The summed E-state index contributed by atoms with van der Waals surface area (Å²) in [5.74, 6) is -0.650. The third kappa shape index (κ3) is 5.48. The molecule has 2 heterocycles. The molecule has 1 N–H and O–H groups in total. The molecule has 8 nitrogen and oxygen atoms in total. The number of carbonyl (C=O) groups is 1. The topological polar surface area (TPSA) is 88.2 Å². The van der Waals surface area contributed by atoms with E-state index in [9.17, 15) is 13.2 Å². The lowest BCUT2D eigenvalue weighted by Gasteiger charge is -2.32. The summed E-state index contributed by atoms with van der Waals surface area (Å²) in [5, 5.41) is 3.52. The molecule has 2 aliphatic rings. The number of ether oxygens (including phenoxy) is 2. The van der Waals surface area contributed by atoms with Crippen molar-refractivity contribution in [1.29, 1.82) is 0 Å². The highest BCUT2D eigenvalue weighted by Gasteiger charge is 2.57. The van der Waals surface area contributed by atoms with E-state index in [2.05, 4.69) is 10.2 Å². The minimum absolute atomic E-state index is 0.0918. The van der Waals surface area contributed by atoms with Crippen LogP contribution in [0.5, 0.6) is 11.5 Å². The summed E-state index contributed by atoms with van der Waals surface area (Å²) in [7, 11) is -3.02. The Balaban J connectivity index is 1.65. The number of hydrogen-bond acceptors (Lipinski definition) is 7. The number of carbonyl (C=O) groups excluding carboxylic acids is 1. The second kappa shape index (κ2) is 12.2. The number of anilines is 1. The predicted molar refractivity (Wildman–Crippen MR) is 161 cm³/mol. The lowest BCUT2D eigenvalue weighted by molar-refractivity contribution is -0.121. The van der Waals surface area contributed by atoms with Gasteiger partial charge in [0.25, 0.3) is 15.9 Å². The van der Waals surface area contributed by atoms with Gasteiger partial charge in [0, 0.05) is 37.8 Å². The van der Waals surface area contributed by atoms with E-state index in [0.717, 1.165) is 30.5 Å². The lowest BCUT2D eigenvalue weighted by Crippen LogP contribution is -2.46. The molecule has 42 heavy (non-hydrogen) atoms. The van der Waals surface area contributed by atoms with Crippen molar-refractivity contribution in [1.82, 2.24) is 10.2 Å². The maximum Gasteiger partial charge on any atom is 0.270 e. The molecule has 2 aliphatic heterocycles. The lowest BCUT2D eigenvalue weighted by atomic mass is 9.72. The molecule has 1 amide bonds. The highest BCUT2D eigenvalue weighted by molar-refractivity contribution is 7.93. The van der Waals surface area contributed by atoms with Gasteiger partial charge in [-0.25, -0.2) is 17.1 Å². The SMILES string of the molecule is COc1cc2c(cc1Cl)C(CCCN1CCNCC1)(c1ccccc1F)C(=O)N2S(=O)(=O)c1ccc(OC(C)C)cc1. The van der Waals surface area contributed by atoms with Crippen molar-refractivity contribution in [3.05, 3.63) is 82.6 Å². The van der Waals surface area contributed by atoms with Crippen LogP contribution in [0.3, 0.4) is 0 Å². The molecular formula is C31H35ClFN3O5S. The van der Waals surface area contributed by atoms with Gasteiger partial charge in [-0.05, 0) is 75.2 Å². The molecule has 1 saturated heterocycles. The van der Waals surface area contributed by atoms with Gasteiger partial charge in [0.1, 0.15) is 22.7 Å². The summed E-state index contributed by atoms with van der Waals surface area (Å²) < 4.78 is 56.0. The average Bonchev–Trinajstić information content (AvgIpc) is 3.21. The second-order valence-electron chi connectivity index (χ2n) is 10.8. The number of fused-ring (bicyclic) bond motifs is 1. The number of hydrogen-bond donors (Lipinski definition) is 1. The average molecular weight is 616 g/mol. The van der Waals surface area contributed by atoms with Crippen LogP contribution >= 0.6 is 11.6 Å². The van der Waals surface area contributed by atoms with Crippen molar-refractivity contribution in [2.24, 2.45) is 0 Å². The number of halogens is 2. The largest absolute Gasteiger partial charge is 0.495 e. The Bertz CT molecular complexity index is 1560. The fourth-order valence-electron chi connectivity index (χ4n) is 5.86. The van der Waals surface area contributed by atoms with E-state index >= 15 is 4.39 Å². The van der Waals surface area contributed by atoms with Crippen LogP contribution in [0.1, 0.15) is 37.8 Å². The first-order chi connectivity index (χ1) is 20.1. The van der Waals surface area contributed by atoms with Crippen LogP contribution in [0.2, 0.25) is 5.02 Å². The van der Waals surface area contributed by atoms with Gasteiger partial charge < -0.3 is 19.7 Å². The van der Waals surface area contributed by atoms with Crippen LogP contribution in [0, 0.1) is 5.82 Å². The molecule has 1 unspecified atom stereocenters. The zero-order chi connectivity index (χ0) is 30.1. The number of benzene rings is 3. The van der Waals surface area contributed by atoms with E-state index in [1.54, 1.807) is 36.4 Å². The van der Waals surface area contributed by atoms with E-state index in [4.69, 9.17) is 21.1 Å². The summed E-state index contributed by atoms with van der Waals surface area (Å²) in [4.78, 5) is 16.9. The molecule has 0 saturated carbocycles. The van der Waals surface area contributed by atoms with Gasteiger partial charge in [0.2, 0.25) is 0 Å². The van der Waals surface area contributed by atoms with Gasteiger partial charge in [0.05, 0.1) is 28.8 Å². The number of nitrogens with one attached hydrogen (secondary N) is 1. The standard InChI is InChI=1S/C31H35ClFN3O5S/c1-21(2)41-22-9-11-23(12-10-22)42(38,39)36-28-20-29(40-3)26(32)19-25(28)31(30(36)37,24-7-4-5-8-27(24)33)13-6-16-35-17-14-34-15-18-35/h4-5,7-12,19-21,34H,6,13-18H2,1-3H3. The van der Waals surface area contributed by atoms with Crippen LogP contribution < -0.4 is 19.1 Å². The van der Waals surface area contributed by atoms with E-state index in [-0.39, 0.29) is 39.4 Å². The Morgan fingerprint density at radius 1 is 1.05 bits per heavy atom. The molecule has 0 bridgehead atoms. The maximum atomic E-state index is 15.7. The number of nitrogens with zero attached hydrogens (tertiary/aromatic N) is 2. The predicted octanol–water partition coefficient (Wildman–Crippen LogP) is 4.98. The molecule has 11 heteroatoms. The molecule has 0 aliphatic carbocycles. The van der Waals surface area contributed by atoms with Crippen molar-refractivity contribution in [2.75, 3.05) is 44.1 Å². The molecule has 0 aromatic heterocycles. The highest BCUT2D eigenvalue weighted by atomic mass is 35.5. The Morgan fingerprint density at radius 2 is 1.74 bits per heavy atom. The van der Waals surface area contributed by atoms with Gasteiger partial charge in [-0.15, -0.1) is 0 Å². The third-order valence-electron chi connectivity index (χ3n) is 7.80. The van der Waals surface area contributed by atoms with Gasteiger partial charge in [-0.3, -0.25) is 4.79 Å². The number of piperazine rings is 1. The number of rotatable bonds is 10. The Hall–Kier alpha value is -3.18. The van der Waals surface area contributed by atoms with Crippen molar-refractivity contribution in [3.63, 3.8) is 0 Å². The third-order valence-corrected chi connectivity index (χ3v) is 9.81. The van der Waals surface area contributed by atoms with Crippen LogP contribution in [0.15, 0.2) is 65.6 Å². The molecule has 1 fully saturated rings. The zero-order valence-electron chi connectivity index (χ0n) is 23.9. The number of sulfonamides is 1. The van der Waals surface area contributed by atoms with Crippen LogP contribution in [0.25, 0.3) is 0 Å². The summed E-state index contributed by atoms with van der Waals surface area (Å²) in [6, 6.07) is 14.9. The van der Waals surface area contributed by atoms with Crippen LogP contribution in [0.4, 0.5) is 10.1 Å². The fourth-order valence-corrected chi connectivity index (χ4v) is 7.58. The highest BCUT2D eigenvalue weighted by Crippen LogP contribution is 2.53. The van der Waals surface area contributed by atoms with Gasteiger partial charge in [0.15, 0.2) is 0 Å². The quantitative estimate of drug-likeness (QED) is 0.344. The van der Waals surface area contributed by atoms with Gasteiger partial charge >= 0.3 is 0 Å². The van der Waals surface area contributed by atoms with E-state index in [0.29, 0.717) is 24.3 Å². The molecule has 3 aromatic rings. The molecule has 0 spiro atoms. The molecule has 0 radical (unpaired) electrons. The van der Waals surface area contributed by atoms with Gasteiger partial charge in [-0.2, -0.15) is 0 Å². The van der Waals surface area contributed by atoms with Gasteiger partial charge in [-0.1, -0.05) is 29.8 Å². The summed E-state index contributed by atoms with van der Waals surface area (Å²) in [6.07, 6.45) is 0.608. The molecule has 224 valence electrons.